The Balaban J connectivity index is 2.47. The van der Waals surface area contributed by atoms with Gasteiger partial charge in [0.05, 0.1) is 15.6 Å². The summed E-state index contributed by atoms with van der Waals surface area (Å²) in [6.07, 6.45) is 5.06. The summed E-state index contributed by atoms with van der Waals surface area (Å²) >= 11 is 12.1. The second-order valence-electron chi connectivity index (χ2n) is 3.88. The lowest BCUT2D eigenvalue weighted by atomic mass is 10.1. The van der Waals surface area contributed by atoms with Gasteiger partial charge in [0.2, 0.25) is 0 Å². The quantitative estimate of drug-likeness (QED) is 0.760. The van der Waals surface area contributed by atoms with Crippen molar-refractivity contribution < 1.29 is 0 Å². The molecule has 0 fully saturated rings. The van der Waals surface area contributed by atoms with Crippen molar-refractivity contribution in [3.8, 4) is 0 Å². The second kappa shape index (κ2) is 5.03. The van der Waals surface area contributed by atoms with Gasteiger partial charge >= 0.3 is 0 Å². The molecule has 0 saturated carbocycles. The number of hydrogen-bond donors (Lipinski definition) is 0. The van der Waals surface area contributed by atoms with Gasteiger partial charge < -0.3 is 0 Å². The molecule has 1 aromatic carbocycles. The van der Waals surface area contributed by atoms with E-state index in [0.29, 0.717) is 10.0 Å². The van der Waals surface area contributed by atoms with Crippen LogP contribution >= 0.6 is 23.2 Å². The number of hydrogen-bond acceptors (Lipinski definition) is 1. The fraction of sp³-hybridized carbons (Fsp3) is 0.308. The van der Waals surface area contributed by atoms with Gasteiger partial charge in [0.25, 0.3) is 0 Å². The van der Waals surface area contributed by atoms with Gasteiger partial charge in [-0.05, 0) is 30.5 Å². The molecule has 0 radical (unpaired) electrons. The molecule has 0 bridgehead atoms. The summed E-state index contributed by atoms with van der Waals surface area (Å²) < 4.78 is 0. The molecule has 0 aliphatic rings. The highest BCUT2D eigenvalue weighted by Gasteiger charge is 2.05. The first-order chi connectivity index (χ1) is 7.72. The molecule has 0 atom stereocenters. The lowest BCUT2D eigenvalue weighted by molar-refractivity contribution is 0.796. The van der Waals surface area contributed by atoms with E-state index in [2.05, 4.69) is 24.0 Å². The van der Waals surface area contributed by atoms with Crippen LogP contribution in [0.3, 0.4) is 0 Å². The van der Waals surface area contributed by atoms with Gasteiger partial charge in [-0.2, -0.15) is 0 Å². The predicted molar refractivity (Wildman–Crippen MR) is 70.4 cm³/mol. The van der Waals surface area contributed by atoms with E-state index in [1.165, 1.54) is 18.4 Å². The van der Waals surface area contributed by atoms with Crippen LogP contribution in [0.1, 0.15) is 25.3 Å². The van der Waals surface area contributed by atoms with Gasteiger partial charge in [0.1, 0.15) is 0 Å². The Hall–Kier alpha value is -0.790. The van der Waals surface area contributed by atoms with Crippen molar-refractivity contribution in [3.05, 3.63) is 40.0 Å². The van der Waals surface area contributed by atoms with E-state index in [4.69, 9.17) is 23.2 Å². The van der Waals surface area contributed by atoms with Crippen molar-refractivity contribution in [3.63, 3.8) is 0 Å². The maximum Gasteiger partial charge on any atom is 0.0782 e. The van der Waals surface area contributed by atoms with Crippen LogP contribution < -0.4 is 0 Å². The summed E-state index contributed by atoms with van der Waals surface area (Å²) in [5.41, 5.74) is 2.19. The van der Waals surface area contributed by atoms with Crippen LogP contribution in [0.15, 0.2) is 24.4 Å². The average Bonchev–Trinajstić information content (AvgIpc) is 2.31. The molecule has 0 unspecified atom stereocenters. The number of rotatable bonds is 3. The first-order valence-electron chi connectivity index (χ1n) is 5.45. The Bertz CT molecular complexity index is 509. The molecule has 1 aromatic heterocycles. The molecule has 1 heterocycles. The topological polar surface area (TPSA) is 12.9 Å². The lowest BCUT2D eigenvalue weighted by Crippen LogP contribution is -1.87. The minimum atomic E-state index is 0.516. The third kappa shape index (κ3) is 2.31. The smallest absolute Gasteiger partial charge is 0.0782 e. The van der Waals surface area contributed by atoms with E-state index in [-0.39, 0.29) is 0 Å². The number of halogens is 2. The third-order valence-corrected chi connectivity index (χ3v) is 3.43. The van der Waals surface area contributed by atoms with Crippen molar-refractivity contribution in [2.24, 2.45) is 0 Å². The van der Waals surface area contributed by atoms with Gasteiger partial charge in [-0.3, -0.25) is 4.98 Å². The van der Waals surface area contributed by atoms with Crippen LogP contribution in [-0.2, 0) is 6.42 Å². The standard InChI is InChI=1S/C13H13Cl2N/c1-2-3-4-9-5-6-12-10(7-9)13(15)11(14)8-16-12/h5-8H,2-4H2,1H3. The summed E-state index contributed by atoms with van der Waals surface area (Å²) in [5, 5.41) is 2.06. The van der Waals surface area contributed by atoms with E-state index in [0.717, 1.165) is 17.3 Å². The van der Waals surface area contributed by atoms with E-state index in [1.807, 2.05) is 6.07 Å². The molecule has 0 aliphatic heterocycles. The summed E-state index contributed by atoms with van der Waals surface area (Å²) in [5.74, 6) is 0. The van der Waals surface area contributed by atoms with E-state index in [9.17, 15) is 0 Å². The molecule has 2 aromatic rings. The number of pyridine rings is 1. The van der Waals surface area contributed by atoms with Gasteiger partial charge in [0.15, 0.2) is 0 Å². The fourth-order valence-corrected chi connectivity index (χ4v) is 2.07. The van der Waals surface area contributed by atoms with Crippen LogP contribution in [0.5, 0.6) is 0 Å². The maximum atomic E-state index is 6.16. The number of aromatic nitrogens is 1. The molecule has 2 rings (SSSR count). The Kier molecular flexibility index (Phi) is 3.67. The van der Waals surface area contributed by atoms with Crippen molar-refractivity contribution in [2.45, 2.75) is 26.2 Å². The number of benzene rings is 1. The zero-order valence-electron chi connectivity index (χ0n) is 9.13. The number of fused-ring (bicyclic) bond motifs is 1. The molecule has 0 spiro atoms. The van der Waals surface area contributed by atoms with Gasteiger partial charge in [-0.15, -0.1) is 0 Å². The van der Waals surface area contributed by atoms with Crippen LogP contribution in [-0.4, -0.2) is 4.98 Å². The van der Waals surface area contributed by atoms with Crippen LogP contribution in [0.25, 0.3) is 10.9 Å². The van der Waals surface area contributed by atoms with Gasteiger partial charge in [-0.25, -0.2) is 0 Å². The van der Waals surface area contributed by atoms with Crippen molar-refractivity contribution in [1.82, 2.24) is 4.98 Å². The molecular weight excluding hydrogens is 241 g/mol. The number of aryl methyl sites for hydroxylation is 1. The SMILES string of the molecule is CCCCc1ccc2ncc(Cl)c(Cl)c2c1. The highest BCUT2D eigenvalue weighted by atomic mass is 35.5. The maximum absolute atomic E-state index is 6.16. The summed E-state index contributed by atoms with van der Waals surface area (Å²) in [6.45, 7) is 2.19. The second-order valence-corrected chi connectivity index (χ2v) is 4.66. The molecule has 0 saturated heterocycles. The van der Waals surface area contributed by atoms with Crippen LogP contribution in [0.2, 0.25) is 10.0 Å². The molecule has 84 valence electrons. The highest BCUT2D eigenvalue weighted by molar-refractivity contribution is 6.45. The highest BCUT2D eigenvalue weighted by Crippen LogP contribution is 2.29. The first-order valence-corrected chi connectivity index (χ1v) is 6.20. The largest absolute Gasteiger partial charge is 0.255 e. The molecular formula is C13H13Cl2N. The third-order valence-electron chi connectivity index (χ3n) is 2.64. The summed E-state index contributed by atoms with van der Waals surface area (Å²) in [6, 6.07) is 6.20. The summed E-state index contributed by atoms with van der Waals surface area (Å²) in [7, 11) is 0. The van der Waals surface area contributed by atoms with Crippen LogP contribution in [0, 0.1) is 0 Å². The average molecular weight is 254 g/mol. The van der Waals surface area contributed by atoms with Crippen molar-refractivity contribution in [2.75, 3.05) is 0 Å². The zero-order chi connectivity index (χ0) is 11.5. The molecule has 0 N–H and O–H groups in total. The van der Waals surface area contributed by atoms with Crippen molar-refractivity contribution >= 4 is 34.1 Å². The monoisotopic (exact) mass is 253 g/mol. The molecule has 0 aliphatic carbocycles. The predicted octanol–water partition coefficient (Wildman–Crippen LogP) is 4.88. The number of unbranched alkanes of at least 4 members (excludes halogenated alkanes) is 1. The normalized spacial score (nSPS) is 10.9. The fourth-order valence-electron chi connectivity index (χ4n) is 1.72. The Morgan fingerprint density at radius 2 is 2.06 bits per heavy atom. The zero-order valence-corrected chi connectivity index (χ0v) is 10.6. The number of nitrogens with zero attached hydrogens (tertiary/aromatic N) is 1. The Morgan fingerprint density at radius 1 is 1.25 bits per heavy atom. The van der Waals surface area contributed by atoms with Gasteiger partial charge in [-0.1, -0.05) is 42.6 Å². The minimum Gasteiger partial charge on any atom is -0.255 e. The summed E-state index contributed by atoms with van der Waals surface area (Å²) in [4.78, 5) is 4.25. The first kappa shape index (κ1) is 11.7. The van der Waals surface area contributed by atoms with Gasteiger partial charge in [0, 0.05) is 11.6 Å². The van der Waals surface area contributed by atoms with E-state index in [1.54, 1.807) is 6.20 Å². The van der Waals surface area contributed by atoms with Crippen LogP contribution in [0.4, 0.5) is 0 Å². The lowest BCUT2D eigenvalue weighted by Gasteiger charge is -2.05. The Morgan fingerprint density at radius 3 is 2.81 bits per heavy atom. The molecule has 0 amide bonds. The Labute approximate surface area is 105 Å². The molecule has 16 heavy (non-hydrogen) atoms. The molecule has 3 heteroatoms. The molecule has 1 nitrogen and oxygen atoms in total. The van der Waals surface area contributed by atoms with E-state index < -0.39 is 0 Å². The van der Waals surface area contributed by atoms with Crippen molar-refractivity contribution in [1.29, 1.82) is 0 Å². The minimum absolute atomic E-state index is 0.516. The van der Waals surface area contributed by atoms with E-state index >= 15 is 0 Å².